The van der Waals surface area contributed by atoms with Crippen LogP contribution in [-0.4, -0.2) is 10.5 Å². The molecule has 0 bridgehead atoms. The number of nitrogens with one attached hydrogen (secondary N) is 1. The van der Waals surface area contributed by atoms with Gasteiger partial charge in [0.1, 0.15) is 5.69 Å². The minimum absolute atomic E-state index is 0.0322. The minimum atomic E-state index is -0.0756. The van der Waals surface area contributed by atoms with Crippen LogP contribution in [0, 0.1) is 0 Å². The average Bonchev–Trinajstić information content (AvgIpc) is 2.98. The predicted molar refractivity (Wildman–Crippen MR) is 88.1 cm³/mol. The molecular weight excluding hydrogens is 304 g/mol. The third-order valence-electron chi connectivity index (χ3n) is 3.58. The van der Waals surface area contributed by atoms with Gasteiger partial charge >= 0.3 is 0 Å². The van der Waals surface area contributed by atoms with Gasteiger partial charge in [0.05, 0.1) is 20.6 Å². The number of aromatic nitrogens is 1. The van der Waals surface area contributed by atoms with Crippen LogP contribution in [0.4, 0.5) is 0 Å². The number of hydrogen-bond acceptors (Lipinski definition) is 2. The van der Waals surface area contributed by atoms with E-state index in [0.29, 0.717) is 5.69 Å². The fourth-order valence-electron chi connectivity index (χ4n) is 2.40. The second-order valence-electron chi connectivity index (χ2n) is 4.99. The van der Waals surface area contributed by atoms with Crippen molar-refractivity contribution < 1.29 is 4.79 Å². The Labute approximate surface area is 132 Å². The molecule has 0 saturated heterocycles. The van der Waals surface area contributed by atoms with Gasteiger partial charge in [-0.15, -0.1) is 11.3 Å². The molecule has 0 aliphatic carbocycles. The van der Waals surface area contributed by atoms with Gasteiger partial charge in [-0.25, -0.2) is 0 Å². The van der Waals surface area contributed by atoms with Crippen LogP contribution < -0.4 is 5.32 Å². The number of amides is 1. The molecule has 1 aromatic carbocycles. The lowest BCUT2D eigenvalue weighted by atomic mass is 10.1. The Morgan fingerprint density at radius 3 is 2.67 bits per heavy atom. The van der Waals surface area contributed by atoms with Crippen molar-refractivity contribution >= 4 is 39.1 Å². The Balaban J connectivity index is 1.84. The van der Waals surface area contributed by atoms with Crippen LogP contribution in [0.1, 0.15) is 29.0 Å². The number of nitrogens with zero attached hydrogens (tertiary/aromatic N) is 1. The smallest absolute Gasteiger partial charge is 0.268 e. The highest BCUT2D eigenvalue weighted by Gasteiger charge is 2.17. The molecule has 0 radical (unpaired) electrons. The zero-order chi connectivity index (χ0) is 15.0. The Bertz CT molecular complexity index is 791. The quantitative estimate of drug-likeness (QED) is 0.763. The van der Waals surface area contributed by atoms with Crippen LogP contribution in [0.3, 0.4) is 0 Å². The van der Waals surface area contributed by atoms with Gasteiger partial charge in [-0.2, -0.15) is 0 Å². The van der Waals surface area contributed by atoms with E-state index in [9.17, 15) is 4.79 Å². The zero-order valence-electron chi connectivity index (χ0n) is 11.8. The normalized spacial score (nSPS) is 12.5. The van der Waals surface area contributed by atoms with Crippen molar-refractivity contribution in [2.45, 2.75) is 13.0 Å². The molecule has 2 heterocycles. The summed E-state index contributed by atoms with van der Waals surface area (Å²) in [4.78, 5) is 12.4. The Morgan fingerprint density at radius 1 is 1.29 bits per heavy atom. The first-order chi connectivity index (χ1) is 10.1. The third kappa shape index (κ3) is 2.69. The summed E-state index contributed by atoms with van der Waals surface area (Å²) in [5.74, 6) is -0.0756. The molecule has 0 fully saturated rings. The number of halogens is 1. The molecule has 1 atom stereocenters. The Hall–Kier alpha value is -1.78. The van der Waals surface area contributed by atoms with Crippen molar-refractivity contribution in [2.75, 3.05) is 0 Å². The monoisotopic (exact) mass is 318 g/mol. The van der Waals surface area contributed by atoms with E-state index in [-0.39, 0.29) is 11.9 Å². The topological polar surface area (TPSA) is 34.0 Å². The first kappa shape index (κ1) is 14.2. The Kier molecular flexibility index (Phi) is 3.74. The van der Waals surface area contributed by atoms with Crippen molar-refractivity contribution in [2.24, 2.45) is 7.05 Å². The molecule has 0 aliphatic rings. The number of hydrogen-bond donors (Lipinski definition) is 1. The maximum atomic E-state index is 12.4. The van der Waals surface area contributed by atoms with Crippen molar-refractivity contribution in [3.63, 3.8) is 0 Å². The lowest BCUT2D eigenvalue weighted by molar-refractivity contribution is 0.0932. The lowest BCUT2D eigenvalue weighted by Gasteiger charge is -2.14. The van der Waals surface area contributed by atoms with Crippen LogP contribution >= 0.6 is 22.9 Å². The standard InChI is InChI=1S/C16H15ClN2OS/c1-10(11-6-4-3-5-7-11)18-16(20)13-8-14-12(19(13)2)9-15(17)21-14/h3-10H,1-2H3,(H,18,20). The molecule has 5 heteroatoms. The van der Waals surface area contributed by atoms with E-state index in [1.807, 2.05) is 61.0 Å². The summed E-state index contributed by atoms with van der Waals surface area (Å²) in [6.45, 7) is 1.98. The summed E-state index contributed by atoms with van der Waals surface area (Å²) >= 11 is 7.48. The number of carbonyl (C=O) groups is 1. The molecule has 0 spiro atoms. The highest BCUT2D eigenvalue weighted by Crippen LogP contribution is 2.31. The molecule has 0 saturated carbocycles. The van der Waals surface area contributed by atoms with Crippen molar-refractivity contribution in [3.8, 4) is 0 Å². The molecule has 3 aromatic rings. The second kappa shape index (κ2) is 5.54. The first-order valence-corrected chi connectivity index (χ1v) is 7.86. The van der Waals surface area contributed by atoms with E-state index < -0.39 is 0 Å². The molecular formula is C16H15ClN2OS. The fraction of sp³-hybridized carbons (Fsp3) is 0.188. The first-order valence-electron chi connectivity index (χ1n) is 6.67. The van der Waals surface area contributed by atoms with Gasteiger partial charge in [-0.05, 0) is 24.6 Å². The SMILES string of the molecule is CC(NC(=O)c1cc2sc(Cl)cc2n1C)c1ccccc1. The molecule has 3 rings (SSSR count). The highest BCUT2D eigenvalue weighted by molar-refractivity contribution is 7.22. The number of thiophene rings is 1. The van der Waals surface area contributed by atoms with Gasteiger partial charge in [0.2, 0.25) is 0 Å². The lowest BCUT2D eigenvalue weighted by Crippen LogP contribution is -2.28. The predicted octanol–water partition coefficient (Wildman–Crippen LogP) is 4.38. The molecule has 21 heavy (non-hydrogen) atoms. The molecule has 0 aliphatic heterocycles. The second-order valence-corrected chi connectivity index (χ2v) is 6.71. The van der Waals surface area contributed by atoms with Gasteiger partial charge in [0.25, 0.3) is 5.91 Å². The number of carbonyl (C=O) groups excluding carboxylic acids is 1. The maximum absolute atomic E-state index is 12.4. The van der Waals surface area contributed by atoms with Gasteiger partial charge in [-0.3, -0.25) is 4.79 Å². The third-order valence-corrected chi connectivity index (χ3v) is 4.78. The van der Waals surface area contributed by atoms with Crippen LogP contribution in [-0.2, 0) is 7.05 Å². The van der Waals surface area contributed by atoms with E-state index in [0.717, 1.165) is 20.1 Å². The summed E-state index contributed by atoms with van der Waals surface area (Å²) in [5, 5.41) is 3.03. The van der Waals surface area contributed by atoms with Gasteiger partial charge < -0.3 is 9.88 Å². The van der Waals surface area contributed by atoms with Crippen molar-refractivity contribution in [1.82, 2.24) is 9.88 Å². The number of benzene rings is 1. The number of rotatable bonds is 3. The van der Waals surface area contributed by atoms with E-state index >= 15 is 0 Å². The summed E-state index contributed by atoms with van der Waals surface area (Å²) in [6, 6.07) is 13.7. The summed E-state index contributed by atoms with van der Waals surface area (Å²) in [7, 11) is 1.88. The minimum Gasteiger partial charge on any atom is -0.344 e. The van der Waals surface area contributed by atoms with Crippen molar-refractivity contribution in [1.29, 1.82) is 0 Å². The van der Waals surface area contributed by atoms with Gasteiger partial charge in [-0.1, -0.05) is 41.9 Å². The zero-order valence-corrected chi connectivity index (χ0v) is 13.3. The average molecular weight is 319 g/mol. The molecule has 2 aromatic heterocycles. The number of fused-ring (bicyclic) bond motifs is 1. The highest BCUT2D eigenvalue weighted by atomic mass is 35.5. The summed E-state index contributed by atoms with van der Waals surface area (Å²) in [6.07, 6.45) is 0. The molecule has 108 valence electrons. The molecule has 1 N–H and O–H groups in total. The number of aryl methyl sites for hydroxylation is 1. The van der Waals surface area contributed by atoms with Crippen LogP contribution in [0.2, 0.25) is 4.34 Å². The van der Waals surface area contributed by atoms with E-state index in [1.165, 1.54) is 11.3 Å². The molecule has 1 unspecified atom stereocenters. The van der Waals surface area contributed by atoms with E-state index in [4.69, 9.17) is 11.6 Å². The summed E-state index contributed by atoms with van der Waals surface area (Å²) < 4.78 is 3.64. The van der Waals surface area contributed by atoms with Crippen LogP contribution in [0.25, 0.3) is 10.2 Å². The molecule has 3 nitrogen and oxygen atoms in total. The Morgan fingerprint density at radius 2 is 2.00 bits per heavy atom. The fourth-order valence-corrected chi connectivity index (χ4v) is 3.60. The van der Waals surface area contributed by atoms with E-state index in [1.54, 1.807) is 0 Å². The van der Waals surface area contributed by atoms with Crippen LogP contribution in [0.15, 0.2) is 42.5 Å². The van der Waals surface area contributed by atoms with Crippen molar-refractivity contribution in [3.05, 3.63) is 58.1 Å². The van der Waals surface area contributed by atoms with Crippen LogP contribution in [0.5, 0.6) is 0 Å². The van der Waals surface area contributed by atoms with Gasteiger partial charge in [0.15, 0.2) is 0 Å². The van der Waals surface area contributed by atoms with E-state index in [2.05, 4.69) is 5.32 Å². The van der Waals surface area contributed by atoms with Gasteiger partial charge in [0, 0.05) is 7.05 Å². The molecule has 1 amide bonds. The maximum Gasteiger partial charge on any atom is 0.268 e. The largest absolute Gasteiger partial charge is 0.344 e. The summed E-state index contributed by atoms with van der Waals surface area (Å²) in [5.41, 5.74) is 2.73.